The molecule has 8 fully saturated rings. The zero-order valence-electron chi connectivity index (χ0n) is 60.1. The summed E-state index contributed by atoms with van der Waals surface area (Å²) < 4.78 is 66.8. The highest BCUT2D eigenvalue weighted by Crippen LogP contribution is 2.34. The number of hydrazine groups is 1. The van der Waals surface area contributed by atoms with Crippen LogP contribution in [-0.4, -0.2) is 437 Å². The van der Waals surface area contributed by atoms with Crippen molar-refractivity contribution >= 4 is 29.2 Å². The van der Waals surface area contributed by atoms with Crippen molar-refractivity contribution in [1.29, 1.82) is 0 Å². The normalized spacial score (nSPS) is 40.8. The summed E-state index contributed by atoms with van der Waals surface area (Å²) in [6.45, 7) is 1.93. The number of amides is 2. The van der Waals surface area contributed by atoms with Gasteiger partial charge in [-0.05, 0) is 72.0 Å². The van der Waals surface area contributed by atoms with Crippen molar-refractivity contribution in [1.82, 2.24) is 26.0 Å². The van der Waals surface area contributed by atoms with Gasteiger partial charge in [-0.1, -0.05) is 6.42 Å². The number of nitrogens with one attached hydrogen (secondary N) is 3. The number of rotatable bonds is 38. The van der Waals surface area contributed by atoms with Crippen LogP contribution in [0, 0.1) is 11.8 Å². The SMILES string of the molecule is CC(=O)[C@H](CCCCN)NNC(=O)[C@@H]1CCN(CC(=O)CCCO[C@H]2O[C@H](CO[C@H]3O[C@H](CO)[C@@H](O)[C@H](O)[C@@H]3O)[C@@H](O)[C@H](O[C@H]3O[C@H](CO)[C@@H](O)[C@H](O)[C@@H]3O)[C@@H]2O)C1.CCNC(=O)[C@@H]1CCN(CC(=O)CCCO[C@H]2O[C@H](CO[C@H]3O[C@H](CO)[C@@H](O)[C@H](O)[C@@H]3O)[C@@H](O)[C@H](O[C@H]3O[C@H](CO)[C@@H](O)[C@H](O)[C@@H]3O)[C@@H]2O)C1. The molecular formula is C65H114N6O37. The molecule has 43 heteroatoms. The number of ketones is 3. The van der Waals surface area contributed by atoms with Gasteiger partial charge in [-0.3, -0.25) is 39.2 Å². The molecule has 0 aromatic carbocycles. The molecule has 8 heterocycles. The predicted molar refractivity (Wildman–Crippen MR) is 355 cm³/mol. The lowest BCUT2D eigenvalue weighted by Crippen LogP contribution is -2.65. The molecule has 0 spiro atoms. The van der Waals surface area contributed by atoms with E-state index in [9.17, 15) is 126 Å². The Balaban J connectivity index is 0.000000304. The largest absolute Gasteiger partial charge is 0.394 e. The monoisotopic (exact) mass is 1570 g/mol. The van der Waals surface area contributed by atoms with E-state index in [4.69, 9.17) is 62.6 Å². The minimum atomic E-state index is -1.90. The summed E-state index contributed by atoms with van der Waals surface area (Å²) in [4.78, 5) is 66.1. The second kappa shape index (κ2) is 44.4. The molecule has 0 saturated carbocycles. The first-order valence-electron chi connectivity index (χ1n) is 36.5. The van der Waals surface area contributed by atoms with Gasteiger partial charge in [-0.25, -0.2) is 5.43 Å². The molecule has 8 aliphatic rings. The van der Waals surface area contributed by atoms with E-state index in [1.807, 2.05) is 16.7 Å². The third kappa shape index (κ3) is 24.5. The first-order valence-corrected chi connectivity index (χ1v) is 36.5. The first-order chi connectivity index (χ1) is 51.4. The van der Waals surface area contributed by atoms with Crippen LogP contribution in [-0.2, 0) is 80.8 Å². The first kappa shape index (κ1) is 91.7. The number of aliphatic hydroxyl groups excluding tert-OH is 20. The van der Waals surface area contributed by atoms with E-state index >= 15 is 0 Å². The zero-order chi connectivity index (χ0) is 79.4. The third-order valence-corrected chi connectivity index (χ3v) is 20.1. The molecule has 0 aliphatic carbocycles. The lowest BCUT2D eigenvalue weighted by atomic mass is 9.96. The number of nitrogens with zero attached hydrogens (tertiary/aromatic N) is 2. The number of likely N-dealkylation sites (tertiary alicyclic amines) is 2. The number of hydrogen-bond donors (Lipinski definition) is 24. The molecule has 8 aliphatic heterocycles. The van der Waals surface area contributed by atoms with E-state index < -0.39 is 236 Å². The lowest BCUT2D eigenvalue weighted by molar-refractivity contribution is -0.366. The van der Waals surface area contributed by atoms with Crippen LogP contribution in [0.2, 0.25) is 0 Å². The van der Waals surface area contributed by atoms with Gasteiger partial charge in [0.2, 0.25) is 11.8 Å². The smallest absolute Gasteiger partial charge is 0.238 e. The molecule has 0 bridgehead atoms. The standard InChI is InChI=1S/C35H62N4O19.C30H52N2O18/c1-16(42)19(6-2-3-8-36)37-38-32(52)17-7-9-39(11-17)12-18(43)5-4-10-53-34-30(51)31(58-35-29(50)27(48)24(45)21(14-41)56-35)25(46)22(57-34)15-54-33-28(49)26(47)23(44)20(13-40)55-33;1-2-31-27(44)13-5-6-32(8-13)9-14(35)4-3-7-45-29-25(43)26(50-30-24(42)22(40)19(37)16(11-34)48-30)20(38)17(49-29)12-46-28-23(41)21(39)18(36)15(10-33)47-28/h17,19-31,33-35,37,40-41,44-51H,2-15,36H2,1H3,(H,38,52);13,15-26,28-30,33-34,36-43H,2-12H2,1H3,(H,31,44)/t17-,19+,20-,21-,22-,23-,24-,25-,26+,27+,28+,29+,30+,31+,33+,34+,35-;13-,15-,16-,17-,18-,19-,20-,21+,22+,23+,24+,25+,26+,28+,29+,30-/m11/s1. The predicted octanol–water partition coefficient (Wildman–Crippen LogP) is -13.9. The molecule has 0 radical (unpaired) electrons. The van der Waals surface area contributed by atoms with Crippen LogP contribution in [0.5, 0.6) is 0 Å². The van der Waals surface area contributed by atoms with E-state index in [0.29, 0.717) is 58.5 Å². The van der Waals surface area contributed by atoms with Crippen LogP contribution in [0.25, 0.3) is 0 Å². The van der Waals surface area contributed by atoms with Crippen LogP contribution in [0.4, 0.5) is 0 Å². The van der Waals surface area contributed by atoms with Crippen molar-refractivity contribution in [3.8, 4) is 0 Å². The second-order valence-electron chi connectivity index (χ2n) is 28.1. The molecule has 8 rings (SSSR count). The Morgan fingerprint density at radius 2 is 0.787 bits per heavy atom. The van der Waals surface area contributed by atoms with Gasteiger partial charge < -0.3 is 170 Å². The summed E-state index contributed by atoms with van der Waals surface area (Å²) in [5.41, 5.74) is 11.0. The molecule has 0 aromatic heterocycles. The van der Waals surface area contributed by atoms with E-state index in [1.54, 1.807) is 0 Å². The summed E-state index contributed by atoms with van der Waals surface area (Å²) in [6.07, 6.45) is -46.2. The Labute approximate surface area is 621 Å². The van der Waals surface area contributed by atoms with Crippen molar-refractivity contribution in [2.24, 2.45) is 17.6 Å². The molecule has 0 unspecified atom stereocenters. The Hall–Kier alpha value is -3.49. The van der Waals surface area contributed by atoms with Crippen molar-refractivity contribution < 1.29 is 183 Å². The maximum Gasteiger partial charge on any atom is 0.238 e. The number of nitrogens with two attached hydrogens (primary N) is 1. The van der Waals surface area contributed by atoms with Crippen LogP contribution < -0.4 is 21.9 Å². The molecule has 0 aromatic rings. The van der Waals surface area contributed by atoms with Gasteiger partial charge in [0.05, 0.1) is 83.8 Å². The Bertz CT molecular complexity index is 2710. The van der Waals surface area contributed by atoms with Gasteiger partial charge in [0.15, 0.2) is 37.7 Å². The fourth-order valence-electron chi connectivity index (χ4n) is 13.6. The fraction of sp³-hybridized carbons (Fsp3) is 0.923. The quantitative estimate of drug-likeness (QED) is 0.0202. The number of hydrogen-bond acceptors (Lipinski definition) is 41. The topological polar surface area (TPSA) is 669 Å². The molecule has 108 heavy (non-hydrogen) atoms. The highest BCUT2D eigenvalue weighted by atomic mass is 16.8. The summed E-state index contributed by atoms with van der Waals surface area (Å²) in [5.74, 6) is -1.26. The number of carbonyl (C=O) groups excluding carboxylic acids is 5. The number of unbranched alkanes of at least 4 members (excludes halogenated alkanes) is 1. The van der Waals surface area contributed by atoms with Crippen LogP contribution in [0.1, 0.15) is 71.6 Å². The van der Waals surface area contributed by atoms with Crippen molar-refractivity contribution in [2.45, 2.75) is 262 Å². The minimum absolute atomic E-state index is 0.0396. The van der Waals surface area contributed by atoms with Gasteiger partial charge >= 0.3 is 0 Å². The average Bonchev–Trinajstić information content (AvgIpc) is 0.901. The number of carbonyl (C=O) groups is 5. The Morgan fingerprint density at radius 3 is 1.15 bits per heavy atom. The van der Waals surface area contributed by atoms with Crippen molar-refractivity contribution in [2.75, 3.05) is 105 Å². The van der Waals surface area contributed by atoms with Crippen molar-refractivity contribution in [3.63, 3.8) is 0 Å². The van der Waals surface area contributed by atoms with Gasteiger partial charge in [-0.15, -0.1) is 0 Å². The highest BCUT2D eigenvalue weighted by Gasteiger charge is 2.55. The Kier molecular flexibility index (Phi) is 37.7. The molecule has 2 amide bonds. The molecular weight excluding hydrogens is 1460 g/mol. The van der Waals surface area contributed by atoms with E-state index in [-0.39, 0.29) is 87.1 Å². The van der Waals surface area contributed by atoms with Gasteiger partial charge in [0.25, 0.3) is 0 Å². The van der Waals surface area contributed by atoms with Crippen LogP contribution >= 0.6 is 0 Å². The third-order valence-electron chi connectivity index (χ3n) is 20.1. The maximum atomic E-state index is 12.9. The zero-order valence-corrected chi connectivity index (χ0v) is 60.1. The molecule has 43 nitrogen and oxygen atoms in total. The van der Waals surface area contributed by atoms with Gasteiger partial charge in [-0.2, -0.15) is 0 Å². The summed E-state index contributed by atoms with van der Waals surface area (Å²) in [5, 5.41) is 209. The number of ether oxygens (including phenoxy) is 12. The molecule has 33 atom stereocenters. The summed E-state index contributed by atoms with van der Waals surface area (Å²) in [7, 11) is 0. The average molecular weight is 1570 g/mol. The molecule has 25 N–H and O–H groups in total. The maximum absolute atomic E-state index is 12.9. The minimum Gasteiger partial charge on any atom is -0.394 e. The van der Waals surface area contributed by atoms with Crippen molar-refractivity contribution in [3.05, 3.63) is 0 Å². The van der Waals surface area contributed by atoms with Crippen LogP contribution in [0.15, 0.2) is 0 Å². The van der Waals surface area contributed by atoms with E-state index in [0.717, 1.165) is 12.8 Å². The Morgan fingerprint density at radius 1 is 0.435 bits per heavy atom. The molecule has 8 saturated heterocycles. The van der Waals surface area contributed by atoms with E-state index in [1.165, 1.54) is 6.92 Å². The number of aliphatic hydroxyl groups is 20. The summed E-state index contributed by atoms with van der Waals surface area (Å²) >= 11 is 0. The fourth-order valence-corrected chi connectivity index (χ4v) is 13.6. The highest BCUT2D eigenvalue weighted by molar-refractivity contribution is 5.84. The van der Waals surface area contributed by atoms with E-state index in [2.05, 4.69) is 16.2 Å². The van der Waals surface area contributed by atoms with Crippen LogP contribution in [0.3, 0.4) is 0 Å². The molecule has 626 valence electrons. The number of Topliss-reactive ketones (excluding diaryl/α,β-unsaturated/α-hetero) is 3. The second-order valence-corrected chi connectivity index (χ2v) is 28.1. The summed E-state index contributed by atoms with van der Waals surface area (Å²) in [6, 6.07) is -0.529. The van der Waals surface area contributed by atoms with Gasteiger partial charge in [0.1, 0.15) is 164 Å². The van der Waals surface area contributed by atoms with Gasteiger partial charge in [0, 0.05) is 32.5 Å². The lowest BCUT2D eigenvalue weighted by Gasteiger charge is -2.46.